The highest BCUT2D eigenvalue weighted by molar-refractivity contribution is 5.94. The smallest absolute Gasteiger partial charge is 0.335 e. The number of halogens is 3. The van der Waals surface area contributed by atoms with Crippen LogP contribution in [0.15, 0.2) is 78.9 Å². The van der Waals surface area contributed by atoms with E-state index in [0.717, 1.165) is 25.7 Å². The lowest BCUT2D eigenvalue weighted by atomic mass is 9.85. The van der Waals surface area contributed by atoms with Crippen molar-refractivity contribution in [3.05, 3.63) is 107 Å². The van der Waals surface area contributed by atoms with Gasteiger partial charge in [0.1, 0.15) is 0 Å². The zero-order valence-electron chi connectivity index (χ0n) is 22.5. The lowest BCUT2D eigenvalue weighted by Gasteiger charge is -2.37. The summed E-state index contributed by atoms with van der Waals surface area (Å²) in [6.07, 6.45) is 1.06. The van der Waals surface area contributed by atoms with E-state index in [4.69, 9.17) is 0 Å². The van der Waals surface area contributed by atoms with Crippen LogP contribution in [0.1, 0.15) is 70.6 Å². The highest BCUT2D eigenvalue weighted by Crippen LogP contribution is 2.39. The lowest BCUT2D eigenvalue weighted by Crippen LogP contribution is -2.45. The summed E-state index contributed by atoms with van der Waals surface area (Å²) in [7, 11) is 0. The minimum absolute atomic E-state index is 0.0619. The van der Waals surface area contributed by atoms with Crippen molar-refractivity contribution in [3.63, 3.8) is 0 Å². The third-order valence-corrected chi connectivity index (χ3v) is 8.55. The fraction of sp³-hybridized carbons (Fsp3) is 0.424. The van der Waals surface area contributed by atoms with E-state index in [9.17, 15) is 18.0 Å². The molecular weight excluding hydrogens is 497 g/mol. The van der Waals surface area contributed by atoms with E-state index >= 15 is 0 Å². The molecule has 2 atom stereocenters. The van der Waals surface area contributed by atoms with Crippen molar-refractivity contribution in [2.24, 2.45) is 5.92 Å². The van der Waals surface area contributed by atoms with Crippen molar-refractivity contribution in [2.45, 2.75) is 63.7 Å². The van der Waals surface area contributed by atoms with E-state index in [0.29, 0.717) is 30.8 Å². The Morgan fingerprint density at radius 2 is 1.54 bits per heavy atom. The summed E-state index contributed by atoms with van der Waals surface area (Å²) < 4.78 is 41.3. The molecule has 1 saturated heterocycles. The maximum Gasteiger partial charge on any atom is 0.416 e. The highest BCUT2D eigenvalue weighted by atomic mass is 19.4. The maximum absolute atomic E-state index is 13.9. The average Bonchev–Trinajstić information content (AvgIpc) is 3.34. The third-order valence-electron chi connectivity index (χ3n) is 8.55. The van der Waals surface area contributed by atoms with Gasteiger partial charge in [-0.3, -0.25) is 9.69 Å². The van der Waals surface area contributed by atoms with Crippen molar-refractivity contribution in [2.75, 3.05) is 19.6 Å². The second-order valence-electron chi connectivity index (χ2n) is 11.2. The minimum Gasteiger partial charge on any atom is -0.335 e. The maximum atomic E-state index is 13.9. The molecule has 1 aliphatic heterocycles. The average molecular weight is 535 g/mol. The molecule has 0 unspecified atom stereocenters. The van der Waals surface area contributed by atoms with Crippen LogP contribution >= 0.6 is 0 Å². The molecule has 39 heavy (non-hydrogen) atoms. The van der Waals surface area contributed by atoms with Crippen LogP contribution in [0, 0.1) is 12.8 Å². The Morgan fingerprint density at radius 3 is 2.26 bits per heavy atom. The third kappa shape index (κ3) is 6.38. The van der Waals surface area contributed by atoms with Crippen LogP contribution in [0.5, 0.6) is 0 Å². The van der Waals surface area contributed by atoms with Gasteiger partial charge in [-0.15, -0.1) is 0 Å². The number of hydrogen-bond donors (Lipinski definition) is 0. The molecule has 1 aliphatic carbocycles. The molecule has 1 saturated carbocycles. The van der Waals surface area contributed by atoms with Gasteiger partial charge in [0.15, 0.2) is 0 Å². The summed E-state index contributed by atoms with van der Waals surface area (Å²) in [4.78, 5) is 18.1. The van der Waals surface area contributed by atoms with Crippen molar-refractivity contribution >= 4 is 5.91 Å². The Balaban J connectivity index is 1.45. The van der Waals surface area contributed by atoms with Gasteiger partial charge in [0.2, 0.25) is 0 Å². The number of nitrogens with zero attached hydrogens (tertiary/aromatic N) is 2. The fourth-order valence-electron chi connectivity index (χ4n) is 6.60. The van der Waals surface area contributed by atoms with Gasteiger partial charge in [-0.1, -0.05) is 79.9 Å². The SMILES string of the molecule is Cc1ccccc1[C@H]1CN(Cc2ccccc2C(F)(F)F)C[C@H]1CN(C(=O)c1ccccc1)C1CCCCC1. The number of alkyl halides is 3. The van der Waals surface area contributed by atoms with Crippen molar-refractivity contribution in [3.8, 4) is 0 Å². The van der Waals surface area contributed by atoms with Gasteiger partial charge in [0, 0.05) is 43.7 Å². The Labute approximate surface area is 229 Å². The van der Waals surface area contributed by atoms with E-state index in [1.807, 2.05) is 42.5 Å². The summed E-state index contributed by atoms with van der Waals surface area (Å²) in [6.45, 7) is 4.26. The largest absolute Gasteiger partial charge is 0.416 e. The molecule has 1 amide bonds. The summed E-state index contributed by atoms with van der Waals surface area (Å²) >= 11 is 0. The normalized spacial score (nSPS) is 20.7. The minimum atomic E-state index is -4.38. The van der Waals surface area contributed by atoms with Gasteiger partial charge in [0.05, 0.1) is 5.56 Å². The first kappa shape index (κ1) is 27.4. The lowest BCUT2D eigenvalue weighted by molar-refractivity contribution is -0.138. The van der Waals surface area contributed by atoms with Gasteiger partial charge >= 0.3 is 6.18 Å². The van der Waals surface area contributed by atoms with Crippen LogP contribution in [-0.2, 0) is 12.7 Å². The van der Waals surface area contributed by atoms with Crippen LogP contribution in [-0.4, -0.2) is 41.4 Å². The summed E-state index contributed by atoms with van der Waals surface area (Å²) in [5.74, 6) is 0.324. The zero-order valence-corrected chi connectivity index (χ0v) is 22.5. The number of hydrogen-bond acceptors (Lipinski definition) is 2. The van der Waals surface area contributed by atoms with Crippen LogP contribution < -0.4 is 0 Å². The second-order valence-corrected chi connectivity index (χ2v) is 11.2. The molecule has 2 aliphatic rings. The van der Waals surface area contributed by atoms with E-state index < -0.39 is 11.7 Å². The number of benzene rings is 3. The summed E-state index contributed by atoms with van der Waals surface area (Å²) in [6, 6.07) is 23.9. The van der Waals surface area contributed by atoms with Gasteiger partial charge < -0.3 is 4.90 Å². The Bertz CT molecular complexity index is 1250. The fourth-order valence-corrected chi connectivity index (χ4v) is 6.60. The molecule has 3 aromatic rings. The molecule has 3 aromatic carbocycles. The molecule has 0 bridgehead atoms. The van der Waals surface area contributed by atoms with Crippen molar-refractivity contribution < 1.29 is 18.0 Å². The van der Waals surface area contributed by atoms with Crippen LogP contribution in [0.3, 0.4) is 0 Å². The van der Waals surface area contributed by atoms with Crippen LogP contribution in [0.2, 0.25) is 0 Å². The summed E-state index contributed by atoms with van der Waals surface area (Å²) in [5, 5.41) is 0. The molecule has 6 heteroatoms. The zero-order chi connectivity index (χ0) is 27.4. The highest BCUT2D eigenvalue weighted by Gasteiger charge is 2.39. The van der Waals surface area contributed by atoms with Crippen molar-refractivity contribution in [1.29, 1.82) is 0 Å². The Kier molecular flexibility index (Phi) is 8.41. The molecule has 0 radical (unpaired) electrons. The number of carbonyl (C=O) groups is 1. The number of aryl methyl sites for hydroxylation is 1. The first-order chi connectivity index (χ1) is 18.8. The molecule has 1 heterocycles. The molecule has 206 valence electrons. The number of amides is 1. The second kappa shape index (κ2) is 12.0. The molecule has 3 nitrogen and oxygen atoms in total. The van der Waals surface area contributed by atoms with Gasteiger partial charge in [-0.2, -0.15) is 13.2 Å². The Hall–Kier alpha value is -3.12. The molecule has 0 N–H and O–H groups in total. The van der Waals surface area contributed by atoms with E-state index in [-0.39, 0.29) is 30.3 Å². The quantitative estimate of drug-likeness (QED) is 0.310. The van der Waals surface area contributed by atoms with Crippen LogP contribution in [0.25, 0.3) is 0 Å². The van der Waals surface area contributed by atoms with Crippen LogP contribution in [0.4, 0.5) is 13.2 Å². The van der Waals surface area contributed by atoms with Crippen molar-refractivity contribution in [1.82, 2.24) is 9.80 Å². The van der Waals surface area contributed by atoms with Gasteiger partial charge in [0.25, 0.3) is 5.91 Å². The topological polar surface area (TPSA) is 23.6 Å². The molecule has 0 spiro atoms. The van der Waals surface area contributed by atoms with Gasteiger partial charge in [-0.05, 0) is 60.6 Å². The van der Waals surface area contributed by atoms with E-state index in [1.54, 1.807) is 12.1 Å². The first-order valence-electron chi connectivity index (χ1n) is 14.1. The predicted octanol–water partition coefficient (Wildman–Crippen LogP) is 7.70. The van der Waals surface area contributed by atoms with E-state index in [1.165, 1.54) is 29.7 Å². The van der Waals surface area contributed by atoms with E-state index in [2.05, 4.69) is 28.9 Å². The first-order valence-corrected chi connectivity index (χ1v) is 14.1. The number of rotatable bonds is 7. The predicted molar refractivity (Wildman–Crippen MR) is 148 cm³/mol. The molecule has 2 fully saturated rings. The molecule has 5 rings (SSSR count). The van der Waals surface area contributed by atoms with Gasteiger partial charge in [-0.25, -0.2) is 0 Å². The Morgan fingerprint density at radius 1 is 0.872 bits per heavy atom. The molecule has 0 aromatic heterocycles. The number of carbonyl (C=O) groups excluding carboxylic acids is 1. The number of likely N-dealkylation sites (tertiary alicyclic amines) is 1. The summed E-state index contributed by atoms with van der Waals surface area (Å²) in [5.41, 5.74) is 2.85. The molecular formula is C33H37F3N2O. The standard InChI is InChI=1S/C33H37F3N2O/c1-24-12-8-10-18-29(24)30-23-37(20-26-15-9-11-19-31(26)33(34,35)36)21-27(30)22-38(28-16-6-3-7-17-28)32(39)25-13-4-2-5-14-25/h2,4-5,8-15,18-19,27-28,30H,3,6-7,16-17,20-23H2,1H3/t27-,30-/m0/s1. The monoisotopic (exact) mass is 534 g/mol.